The van der Waals surface area contributed by atoms with Gasteiger partial charge < -0.3 is 14.0 Å². The van der Waals surface area contributed by atoms with Crippen LogP contribution in [-0.4, -0.2) is 29.8 Å². The molecule has 0 bridgehead atoms. The molecule has 0 N–H and O–H groups in total. The summed E-state index contributed by atoms with van der Waals surface area (Å²) in [6, 6.07) is 0. The van der Waals surface area contributed by atoms with Gasteiger partial charge in [0.2, 0.25) is 6.10 Å². The van der Waals surface area contributed by atoms with Crippen molar-refractivity contribution in [2.75, 3.05) is 6.61 Å². The fourth-order valence-electron chi connectivity index (χ4n) is 1.55. The van der Waals surface area contributed by atoms with Crippen LogP contribution in [0.15, 0.2) is 4.52 Å². The second kappa shape index (κ2) is 3.96. The number of nitrogens with zero attached hydrogens (tertiary/aromatic N) is 1. The molecular formula is C10H11NO5. The van der Waals surface area contributed by atoms with Crippen LogP contribution in [0.2, 0.25) is 0 Å². The van der Waals surface area contributed by atoms with Crippen LogP contribution in [0.4, 0.5) is 0 Å². The van der Waals surface area contributed by atoms with Gasteiger partial charge in [0.15, 0.2) is 0 Å². The SMILES string of the molecule is Cc1noc(C)c1C(=O)O[C@H]1CCOC1=O. The number of aryl methyl sites for hydroxylation is 2. The highest BCUT2D eigenvalue weighted by atomic mass is 16.6. The first kappa shape index (κ1) is 10.7. The molecule has 0 spiro atoms. The molecule has 1 saturated heterocycles. The highest BCUT2D eigenvalue weighted by Crippen LogP contribution is 2.17. The Bertz CT molecular complexity index is 417. The smallest absolute Gasteiger partial charge is 0.347 e. The molecule has 0 amide bonds. The Morgan fingerprint density at radius 2 is 2.25 bits per heavy atom. The summed E-state index contributed by atoms with van der Waals surface area (Å²) in [5.74, 6) is -0.714. The van der Waals surface area contributed by atoms with E-state index in [0.29, 0.717) is 24.5 Å². The fourth-order valence-corrected chi connectivity index (χ4v) is 1.55. The Balaban J connectivity index is 2.11. The molecule has 0 aromatic carbocycles. The van der Waals surface area contributed by atoms with E-state index < -0.39 is 18.0 Å². The maximum absolute atomic E-state index is 11.7. The zero-order valence-corrected chi connectivity index (χ0v) is 8.98. The lowest BCUT2D eigenvalue weighted by atomic mass is 10.2. The second-order valence-corrected chi connectivity index (χ2v) is 3.55. The van der Waals surface area contributed by atoms with E-state index in [1.807, 2.05) is 0 Å². The molecule has 2 rings (SSSR count). The third-order valence-corrected chi connectivity index (χ3v) is 2.37. The van der Waals surface area contributed by atoms with Crippen LogP contribution < -0.4 is 0 Å². The fraction of sp³-hybridized carbons (Fsp3) is 0.500. The Morgan fingerprint density at radius 3 is 2.75 bits per heavy atom. The highest BCUT2D eigenvalue weighted by molar-refractivity contribution is 5.93. The lowest BCUT2D eigenvalue weighted by Crippen LogP contribution is -2.23. The van der Waals surface area contributed by atoms with Gasteiger partial charge in [0.1, 0.15) is 11.3 Å². The van der Waals surface area contributed by atoms with Crippen LogP contribution in [-0.2, 0) is 14.3 Å². The molecule has 1 aromatic rings. The molecule has 86 valence electrons. The average molecular weight is 225 g/mol. The Kier molecular flexibility index (Phi) is 2.64. The molecule has 0 unspecified atom stereocenters. The molecule has 2 heterocycles. The van der Waals surface area contributed by atoms with Gasteiger partial charge in [-0.3, -0.25) is 0 Å². The van der Waals surface area contributed by atoms with Crippen molar-refractivity contribution in [2.45, 2.75) is 26.4 Å². The normalized spacial score (nSPS) is 19.6. The van der Waals surface area contributed by atoms with Gasteiger partial charge in [0, 0.05) is 6.42 Å². The van der Waals surface area contributed by atoms with Crippen molar-refractivity contribution in [3.63, 3.8) is 0 Å². The van der Waals surface area contributed by atoms with Gasteiger partial charge in [-0.05, 0) is 13.8 Å². The van der Waals surface area contributed by atoms with Crippen molar-refractivity contribution in [1.82, 2.24) is 5.16 Å². The van der Waals surface area contributed by atoms with Gasteiger partial charge in [-0.1, -0.05) is 5.16 Å². The van der Waals surface area contributed by atoms with E-state index in [2.05, 4.69) is 9.89 Å². The third-order valence-electron chi connectivity index (χ3n) is 2.37. The topological polar surface area (TPSA) is 78.6 Å². The van der Waals surface area contributed by atoms with E-state index >= 15 is 0 Å². The summed E-state index contributed by atoms with van der Waals surface area (Å²) in [7, 11) is 0. The van der Waals surface area contributed by atoms with E-state index in [1.165, 1.54) is 0 Å². The zero-order valence-electron chi connectivity index (χ0n) is 8.98. The number of carbonyl (C=O) groups is 2. The zero-order chi connectivity index (χ0) is 11.7. The number of cyclic esters (lactones) is 1. The van der Waals surface area contributed by atoms with Crippen molar-refractivity contribution < 1.29 is 23.6 Å². The first-order valence-electron chi connectivity index (χ1n) is 4.90. The average Bonchev–Trinajstić information content (AvgIpc) is 2.75. The minimum Gasteiger partial charge on any atom is -0.463 e. The van der Waals surface area contributed by atoms with Gasteiger partial charge in [0.25, 0.3) is 0 Å². The number of aromatic nitrogens is 1. The number of hydrogen-bond donors (Lipinski definition) is 0. The molecule has 0 radical (unpaired) electrons. The summed E-state index contributed by atoms with van der Waals surface area (Å²) in [4.78, 5) is 22.8. The molecule has 1 fully saturated rings. The first-order valence-corrected chi connectivity index (χ1v) is 4.90. The summed E-state index contributed by atoms with van der Waals surface area (Å²) in [6.07, 6.45) is -0.408. The second-order valence-electron chi connectivity index (χ2n) is 3.55. The lowest BCUT2D eigenvalue weighted by molar-refractivity contribution is -0.145. The van der Waals surface area contributed by atoms with Crippen molar-refractivity contribution in [3.05, 3.63) is 17.0 Å². The van der Waals surface area contributed by atoms with E-state index in [-0.39, 0.29) is 5.56 Å². The van der Waals surface area contributed by atoms with Crippen molar-refractivity contribution in [3.8, 4) is 0 Å². The predicted molar refractivity (Wildman–Crippen MR) is 50.8 cm³/mol. The Morgan fingerprint density at radius 1 is 1.50 bits per heavy atom. The highest BCUT2D eigenvalue weighted by Gasteiger charge is 2.32. The molecule has 1 aliphatic rings. The number of hydrogen-bond acceptors (Lipinski definition) is 6. The third kappa shape index (κ3) is 1.78. The monoisotopic (exact) mass is 225 g/mol. The molecule has 1 aromatic heterocycles. The van der Waals surface area contributed by atoms with Gasteiger partial charge in [-0.15, -0.1) is 0 Å². The number of rotatable bonds is 2. The maximum atomic E-state index is 11.7. The minimum absolute atomic E-state index is 0.278. The van der Waals surface area contributed by atoms with Crippen LogP contribution in [0.5, 0.6) is 0 Å². The summed E-state index contributed by atoms with van der Waals surface area (Å²) in [6.45, 7) is 3.54. The van der Waals surface area contributed by atoms with Gasteiger partial charge in [-0.25, -0.2) is 9.59 Å². The summed E-state index contributed by atoms with van der Waals surface area (Å²) >= 11 is 0. The minimum atomic E-state index is -0.804. The van der Waals surface area contributed by atoms with Crippen molar-refractivity contribution in [2.24, 2.45) is 0 Å². The van der Waals surface area contributed by atoms with Gasteiger partial charge in [-0.2, -0.15) is 0 Å². The molecule has 6 nitrogen and oxygen atoms in total. The van der Waals surface area contributed by atoms with Gasteiger partial charge >= 0.3 is 11.9 Å². The van der Waals surface area contributed by atoms with Crippen molar-refractivity contribution in [1.29, 1.82) is 0 Å². The number of esters is 2. The van der Waals surface area contributed by atoms with Crippen LogP contribution in [0, 0.1) is 13.8 Å². The molecular weight excluding hydrogens is 214 g/mol. The lowest BCUT2D eigenvalue weighted by Gasteiger charge is -2.07. The summed E-state index contributed by atoms with van der Waals surface area (Å²) in [5, 5.41) is 3.64. The number of ether oxygens (including phenoxy) is 2. The maximum Gasteiger partial charge on any atom is 0.347 e. The van der Waals surface area contributed by atoms with Crippen LogP contribution in [0.1, 0.15) is 28.2 Å². The van der Waals surface area contributed by atoms with Crippen LogP contribution >= 0.6 is 0 Å². The van der Waals surface area contributed by atoms with Crippen LogP contribution in [0.3, 0.4) is 0 Å². The predicted octanol–water partition coefficient (Wildman–Crippen LogP) is 0.764. The van der Waals surface area contributed by atoms with Crippen LogP contribution in [0.25, 0.3) is 0 Å². The first-order chi connectivity index (χ1) is 7.59. The standard InChI is InChI=1S/C10H11NO5/c1-5-8(6(2)16-11-5)10(13)15-7-3-4-14-9(7)12/h7H,3-4H2,1-2H3/t7-/m0/s1. The van der Waals surface area contributed by atoms with E-state index in [4.69, 9.17) is 9.26 Å². The van der Waals surface area contributed by atoms with E-state index in [9.17, 15) is 9.59 Å². The summed E-state index contributed by atoms with van der Waals surface area (Å²) < 4.78 is 14.5. The van der Waals surface area contributed by atoms with Gasteiger partial charge in [0.05, 0.1) is 12.3 Å². The van der Waals surface area contributed by atoms with E-state index in [1.54, 1.807) is 13.8 Å². The molecule has 0 saturated carbocycles. The molecule has 1 atom stereocenters. The Labute approximate surface area is 91.5 Å². The summed E-state index contributed by atoms with van der Waals surface area (Å²) in [5.41, 5.74) is 0.730. The molecule has 1 aliphatic heterocycles. The largest absolute Gasteiger partial charge is 0.463 e. The Hall–Kier alpha value is -1.85. The van der Waals surface area contributed by atoms with Crippen molar-refractivity contribution >= 4 is 11.9 Å². The molecule has 0 aliphatic carbocycles. The molecule has 16 heavy (non-hydrogen) atoms. The number of carbonyl (C=O) groups excluding carboxylic acids is 2. The quantitative estimate of drug-likeness (QED) is 0.691. The van der Waals surface area contributed by atoms with E-state index in [0.717, 1.165) is 0 Å². The molecule has 6 heteroatoms.